The molecule has 0 amide bonds. The van der Waals surface area contributed by atoms with Crippen molar-refractivity contribution >= 4 is 0 Å². The van der Waals surface area contributed by atoms with Gasteiger partial charge in [0.25, 0.3) is 5.56 Å². The van der Waals surface area contributed by atoms with Crippen LogP contribution in [0.4, 0.5) is 0 Å². The van der Waals surface area contributed by atoms with Crippen LogP contribution in [0.1, 0.15) is 13.2 Å². The van der Waals surface area contributed by atoms with E-state index in [0.29, 0.717) is 0 Å². The molecule has 9 nitrogen and oxygen atoms in total. The van der Waals surface area contributed by atoms with Gasteiger partial charge < -0.3 is 4.74 Å². The average molecular weight is 270 g/mol. The van der Waals surface area contributed by atoms with E-state index in [1.54, 1.807) is 6.92 Å². The Morgan fingerprint density at radius 1 is 1.58 bits per heavy atom. The predicted molar refractivity (Wildman–Crippen MR) is 64.1 cm³/mol. The summed E-state index contributed by atoms with van der Waals surface area (Å²) in [6.45, 7) is 1.64. The van der Waals surface area contributed by atoms with Crippen molar-refractivity contribution in [2.45, 2.75) is 25.4 Å². The Labute approximate surface area is 107 Å². The fraction of sp³-hybridized carbons (Fsp3) is 0.600. The molecule has 104 valence electrons. The molecule has 1 aliphatic heterocycles. The molecule has 1 aromatic heterocycles. The van der Waals surface area contributed by atoms with Gasteiger partial charge in [-0.2, -0.15) is 4.91 Å². The summed E-state index contributed by atoms with van der Waals surface area (Å²) in [5, 5.41) is 2.76. The Kier molecular flexibility index (Phi) is 3.88. The fourth-order valence-corrected chi connectivity index (χ4v) is 2.26. The van der Waals surface area contributed by atoms with Crippen molar-refractivity contribution in [1.82, 2.24) is 9.55 Å². The molecule has 9 heteroatoms. The van der Waals surface area contributed by atoms with E-state index in [1.165, 1.54) is 16.8 Å². The first-order chi connectivity index (χ1) is 9.08. The second-order valence-corrected chi connectivity index (χ2v) is 4.35. The number of ether oxygens (including phenoxy) is 1. The SMILES string of the molecule is CC1C(ON)C(CN=O)OC1n1ccc(=O)[nH]c1=O. The van der Waals surface area contributed by atoms with Gasteiger partial charge in [-0.3, -0.25) is 19.2 Å². The van der Waals surface area contributed by atoms with Crippen molar-refractivity contribution in [3.63, 3.8) is 0 Å². The quantitative estimate of drug-likeness (QED) is 0.538. The van der Waals surface area contributed by atoms with Gasteiger partial charge in [0.05, 0.1) is 0 Å². The van der Waals surface area contributed by atoms with Gasteiger partial charge in [-0.1, -0.05) is 12.1 Å². The molecule has 0 aliphatic carbocycles. The van der Waals surface area contributed by atoms with Crippen LogP contribution in [0.2, 0.25) is 0 Å². The lowest BCUT2D eigenvalue weighted by Crippen LogP contribution is -2.35. The van der Waals surface area contributed by atoms with Gasteiger partial charge >= 0.3 is 5.69 Å². The molecular formula is C10H14N4O5. The Morgan fingerprint density at radius 3 is 2.89 bits per heavy atom. The lowest BCUT2D eigenvalue weighted by atomic mass is 10.0. The van der Waals surface area contributed by atoms with E-state index in [-0.39, 0.29) is 12.5 Å². The number of hydrogen-bond acceptors (Lipinski definition) is 7. The van der Waals surface area contributed by atoms with Gasteiger partial charge in [0.1, 0.15) is 25.0 Å². The first-order valence-corrected chi connectivity index (χ1v) is 5.70. The minimum absolute atomic E-state index is 0.124. The van der Waals surface area contributed by atoms with Gasteiger partial charge in [-0.05, 0) is 0 Å². The summed E-state index contributed by atoms with van der Waals surface area (Å²) < 4.78 is 6.79. The van der Waals surface area contributed by atoms with E-state index >= 15 is 0 Å². The monoisotopic (exact) mass is 270 g/mol. The number of aromatic nitrogens is 2. The minimum Gasteiger partial charge on any atom is -0.349 e. The first kappa shape index (κ1) is 13.6. The van der Waals surface area contributed by atoms with Gasteiger partial charge in [0, 0.05) is 18.2 Å². The number of rotatable bonds is 4. The van der Waals surface area contributed by atoms with Crippen LogP contribution in [-0.4, -0.2) is 28.3 Å². The zero-order valence-corrected chi connectivity index (χ0v) is 10.2. The molecule has 4 unspecified atom stereocenters. The molecule has 1 fully saturated rings. The van der Waals surface area contributed by atoms with Crippen LogP contribution in [-0.2, 0) is 9.57 Å². The maximum Gasteiger partial charge on any atom is 0.330 e. The number of aromatic amines is 1. The predicted octanol–water partition coefficient (Wildman–Crippen LogP) is -0.905. The van der Waals surface area contributed by atoms with Crippen LogP contribution in [0, 0.1) is 10.8 Å². The Hall–Kier alpha value is -1.84. The topological polar surface area (TPSA) is 129 Å². The van der Waals surface area contributed by atoms with Crippen LogP contribution >= 0.6 is 0 Å². The number of nitrogens with two attached hydrogens (primary N) is 1. The number of nitrogens with one attached hydrogen (secondary N) is 1. The van der Waals surface area contributed by atoms with Crippen LogP contribution in [0.25, 0.3) is 0 Å². The highest BCUT2D eigenvalue weighted by Gasteiger charge is 2.44. The minimum atomic E-state index is -0.676. The van der Waals surface area contributed by atoms with Crippen molar-refractivity contribution in [2.75, 3.05) is 6.54 Å². The molecule has 0 spiro atoms. The molecule has 0 bridgehead atoms. The zero-order chi connectivity index (χ0) is 14.0. The third-order valence-electron chi connectivity index (χ3n) is 3.19. The summed E-state index contributed by atoms with van der Waals surface area (Å²) in [4.78, 5) is 40.0. The van der Waals surface area contributed by atoms with E-state index in [0.717, 1.165) is 0 Å². The molecule has 3 N–H and O–H groups in total. The van der Waals surface area contributed by atoms with E-state index in [4.69, 9.17) is 15.5 Å². The van der Waals surface area contributed by atoms with E-state index in [9.17, 15) is 14.5 Å². The van der Waals surface area contributed by atoms with Crippen molar-refractivity contribution in [2.24, 2.45) is 17.0 Å². The molecule has 1 aromatic rings. The Morgan fingerprint density at radius 2 is 2.32 bits per heavy atom. The maximum absolute atomic E-state index is 11.7. The van der Waals surface area contributed by atoms with Crippen LogP contribution in [0.3, 0.4) is 0 Å². The van der Waals surface area contributed by atoms with E-state index in [1.807, 2.05) is 0 Å². The highest BCUT2D eigenvalue weighted by atomic mass is 16.7. The summed E-state index contributed by atoms with van der Waals surface area (Å²) >= 11 is 0. The standard InChI is InChI=1S/C10H14N4O5/c1-5-8(19-11)6(4-12-17)18-9(5)14-3-2-7(15)13-10(14)16/h2-3,5-6,8-9H,4,11H2,1H3,(H,13,15,16). The number of nitrogens with zero attached hydrogens (tertiary/aromatic N) is 2. The van der Waals surface area contributed by atoms with Crippen LogP contribution < -0.4 is 17.1 Å². The fourth-order valence-electron chi connectivity index (χ4n) is 2.26. The lowest BCUT2D eigenvalue weighted by Gasteiger charge is -2.18. The van der Waals surface area contributed by atoms with Gasteiger partial charge in [-0.15, -0.1) is 0 Å². The number of nitroso groups, excluding NO2 is 1. The van der Waals surface area contributed by atoms with Crippen LogP contribution in [0.5, 0.6) is 0 Å². The smallest absolute Gasteiger partial charge is 0.330 e. The van der Waals surface area contributed by atoms with Crippen molar-refractivity contribution < 1.29 is 9.57 Å². The normalized spacial score (nSPS) is 30.4. The Bertz CT molecular complexity index is 568. The second kappa shape index (κ2) is 5.43. The largest absolute Gasteiger partial charge is 0.349 e. The zero-order valence-electron chi connectivity index (χ0n) is 10.2. The molecular weight excluding hydrogens is 256 g/mol. The molecule has 1 saturated heterocycles. The molecule has 4 atom stereocenters. The van der Waals surface area contributed by atoms with Crippen molar-refractivity contribution in [3.8, 4) is 0 Å². The molecule has 0 saturated carbocycles. The maximum atomic E-state index is 11.7. The summed E-state index contributed by atoms with van der Waals surface area (Å²) in [6.07, 6.45) is -0.528. The summed E-state index contributed by atoms with van der Waals surface area (Å²) in [6, 6.07) is 1.21. The van der Waals surface area contributed by atoms with Crippen molar-refractivity contribution in [1.29, 1.82) is 0 Å². The third-order valence-corrected chi connectivity index (χ3v) is 3.19. The molecule has 1 aliphatic rings. The molecule has 0 radical (unpaired) electrons. The highest BCUT2D eigenvalue weighted by molar-refractivity contribution is 4.92. The summed E-state index contributed by atoms with van der Waals surface area (Å²) in [5.74, 6) is 4.90. The van der Waals surface area contributed by atoms with Crippen molar-refractivity contribution in [3.05, 3.63) is 38.0 Å². The molecule has 0 aromatic carbocycles. The van der Waals surface area contributed by atoms with Gasteiger partial charge in [0.15, 0.2) is 0 Å². The molecule has 2 rings (SSSR count). The van der Waals surface area contributed by atoms with E-state index in [2.05, 4.69) is 10.2 Å². The number of hydrogen-bond donors (Lipinski definition) is 2. The summed E-state index contributed by atoms with van der Waals surface area (Å²) in [5.41, 5.74) is -1.09. The second-order valence-electron chi connectivity index (χ2n) is 4.35. The summed E-state index contributed by atoms with van der Waals surface area (Å²) in [7, 11) is 0. The lowest BCUT2D eigenvalue weighted by molar-refractivity contribution is -0.0348. The van der Waals surface area contributed by atoms with Gasteiger partial charge in [-0.25, -0.2) is 10.7 Å². The Balaban J connectivity index is 2.33. The number of H-pyrrole nitrogens is 1. The van der Waals surface area contributed by atoms with E-state index < -0.39 is 29.7 Å². The third kappa shape index (κ3) is 2.48. The highest BCUT2D eigenvalue weighted by Crippen LogP contribution is 2.34. The first-order valence-electron chi connectivity index (χ1n) is 5.70. The van der Waals surface area contributed by atoms with Gasteiger partial charge in [0.2, 0.25) is 0 Å². The average Bonchev–Trinajstić information content (AvgIpc) is 2.66. The molecule has 19 heavy (non-hydrogen) atoms. The van der Waals surface area contributed by atoms with Crippen LogP contribution in [0.15, 0.2) is 27.0 Å². The molecule has 2 heterocycles.